The molecular formula is C8H3ClFNO2S. The second-order valence-electron chi connectivity index (χ2n) is 2.63. The lowest BCUT2D eigenvalue weighted by Gasteiger charge is -1.90. The van der Waals surface area contributed by atoms with Crippen molar-refractivity contribution in [3.63, 3.8) is 0 Å². The average Bonchev–Trinajstić information content (AvgIpc) is 2.43. The van der Waals surface area contributed by atoms with Gasteiger partial charge in [0.05, 0.1) is 4.92 Å². The minimum absolute atomic E-state index is 0.0282. The van der Waals surface area contributed by atoms with E-state index in [9.17, 15) is 14.5 Å². The number of nitrogens with zero attached hydrogens (tertiary/aromatic N) is 1. The van der Waals surface area contributed by atoms with Gasteiger partial charge in [0.25, 0.3) is 5.69 Å². The van der Waals surface area contributed by atoms with E-state index >= 15 is 0 Å². The minimum atomic E-state index is -0.588. The quantitative estimate of drug-likeness (QED) is 0.556. The molecule has 14 heavy (non-hydrogen) atoms. The maximum atomic E-state index is 13.3. The lowest BCUT2D eigenvalue weighted by molar-refractivity contribution is -0.384. The second kappa shape index (κ2) is 3.18. The molecule has 0 atom stereocenters. The van der Waals surface area contributed by atoms with E-state index in [0.29, 0.717) is 4.70 Å². The van der Waals surface area contributed by atoms with Crippen LogP contribution in [0.5, 0.6) is 0 Å². The van der Waals surface area contributed by atoms with Crippen molar-refractivity contribution in [3.8, 4) is 0 Å². The Kier molecular flexibility index (Phi) is 2.13. The summed E-state index contributed by atoms with van der Waals surface area (Å²) in [5.41, 5.74) is -0.133. The summed E-state index contributed by atoms with van der Waals surface area (Å²) in [4.78, 5) is 9.85. The monoisotopic (exact) mass is 231 g/mol. The minimum Gasteiger partial charge on any atom is -0.258 e. The average molecular weight is 232 g/mol. The Morgan fingerprint density at radius 3 is 2.86 bits per heavy atom. The molecule has 0 unspecified atom stereocenters. The van der Waals surface area contributed by atoms with Crippen molar-refractivity contribution in [2.24, 2.45) is 0 Å². The first-order chi connectivity index (χ1) is 6.59. The van der Waals surface area contributed by atoms with Crippen LogP contribution in [0.1, 0.15) is 0 Å². The van der Waals surface area contributed by atoms with Crippen molar-refractivity contribution in [1.82, 2.24) is 0 Å². The third-order valence-electron chi connectivity index (χ3n) is 1.78. The molecule has 0 N–H and O–H groups in total. The molecule has 0 amide bonds. The molecule has 2 rings (SSSR count). The molecule has 6 heteroatoms. The number of rotatable bonds is 1. The number of nitro groups is 1. The van der Waals surface area contributed by atoms with Gasteiger partial charge in [0.15, 0.2) is 5.82 Å². The number of hydrogen-bond donors (Lipinski definition) is 0. The lowest BCUT2D eigenvalue weighted by atomic mass is 10.2. The van der Waals surface area contributed by atoms with Crippen molar-refractivity contribution in [1.29, 1.82) is 0 Å². The van der Waals surface area contributed by atoms with Crippen LogP contribution >= 0.6 is 22.9 Å². The third-order valence-corrected chi connectivity index (χ3v) is 3.11. The molecular weight excluding hydrogens is 229 g/mol. The topological polar surface area (TPSA) is 43.1 Å². The summed E-state index contributed by atoms with van der Waals surface area (Å²) >= 11 is 6.62. The van der Waals surface area contributed by atoms with E-state index in [-0.39, 0.29) is 15.4 Å². The summed E-state index contributed by atoms with van der Waals surface area (Å²) < 4.78 is 13.9. The normalized spacial score (nSPS) is 10.7. The predicted molar refractivity (Wildman–Crippen MR) is 53.4 cm³/mol. The highest BCUT2D eigenvalue weighted by Crippen LogP contribution is 2.35. The molecule has 0 bridgehead atoms. The van der Waals surface area contributed by atoms with Gasteiger partial charge in [-0.05, 0) is 6.07 Å². The highest BCUT2D eigenvalue weighted by atomic mass is 35.5. The van der Waals surface area contributed by atoms with Crippen LogP contribution in [0.25, 0.3) is 10.1 Å². The van der Waals surface area contributed by atoms with Crippen LogP contribution < -0.4 is 0 Å². The number of hydrogen-bond acceptors (Lipinski definition) is 3. The Bertz CT molecular complexity index is 525. The summed E-state index contributed by atoms with van der Waals surface area (Å²) in [5.74, 6) is -0.588. The zero-order valence-corrected chi connectivity index (χ0v) is 8.23. The largest absolute Gasteiger partial charge is 0.270 e. The van der Waals surface area contributed by atoms with Gasteiger partial charge in [-0.15, -0.1) is 11.3 Å². The molecule has 0 saturated carbocycles. The maximum Gasteiger partial charge on any atom is 0.270 e. The zero-order chi connectivity index (χ0) is 10.3. The van der Waals surface area contributed by atoms with Crippen molar-refractivity contribution in [3.05, 3.63) is 38.5 Å². The van der Waals surface area contributed by atoms with Crippen molar-refractivity contribution in [2.75, 3.05) is 0 Å². The number of non-ortho nitro benzene ring substituents is 1. The molecule has 0 aliphatic rings. The van der Waals surface area contributed by atoms with Gasteiger partial charge < -0.3 is 0 Å². The number of fused-ring (bicyclic) bond motifs is 1. The van der Waals surface area contributed by atoms with Gasteiger partial charge in [0.2, 0.25) is 0 Å². The summed E-state index contributed by atoms with van der Waals surface area (Å²) in [6, 6.07) is 4.01. The molecule has 2 aromatic rings. The first-order valence-corrected chi connectivity index (χ1v) is 4.81. The van der Waals surface area contributed by atoms with Crippen LogP contribution in [0, 0.1) is 15.9 Å². The van der Waals surface area contributed by atoms with E-state index in [2.05, 4.69) is 0 Å². The number of thiophene rings is 1. The van der Waals surface area contributed by atoms with Gasteiger partial charge in [-0.3, -0.25) is 10.1 Å². The van der Waals surface area contributed by atoms with Crippen LogP contribution in [0.15, 0.2) is 18.2 Å². The van der Waals surface area contributed by atoms with E-state index in [1.54, 1.807) is 0 Å². The van der Waals surface area contributed by atoms with Crippen LogP contribution in [-0.4, -0.2) is 4.92 Å². The molecule has 72 valence electrons. The third kappa shape index (κ3) is 1.34. The Balaban J connectivity index is 2.76. The van der Waals surface area contributed by atoms with E-state index in [1.807, 2.05) is 0 Å². The summed E-state index contributed by atoms with van der Waals surface area (Å²) in [5, 5.41) is 10.6. The fourth-order valence-electron chi connectivity index (χ4n) is 1.14. The van der Waals surface area contributed by atoms with Gasteiger partial charge in [0, 0.05) is 22.2 Å². The Hall–Kier alpha value is -1.20. The fourth-order valence-corrected chi connectivity index (χ4v) is 2.28. The number of benzene rings is 1. The molecule has 1 aromatic carbocycles. The number of nitro benzene ring substituents is 1. The molecule has 0 fully saturated rings. The van der Waals surface area contributed by atoms with E-state index in [1.165, 1.54) is 18.2 Å². The summed E-state index contributed by atoms with van der Waals surface area (Å²) in [6.45, 7) is 0. The fraction of sp³-hybridized carbons (Fsp3) is 0. The molecule has 1 heterocycles. The molecule has 0 radical (unpaired) electrons. The van der Waals surface area contributed by atoms with Crippen LogP contribution in [0.4, 0.5) is 10.1 Å². The van der Waals surface area contributed by atoms with Gasteiger partial charge in [0.1, 0.15) is 4.34 Å². The second-order valence-corrected chi connectivity index (χ2v) is 4.28. The van der Waals surface area contributed by atoms with Crippen LogP contribution in [0.3, 0.4) is 0 Å². The number of halogens is 2. The molecule has 0 aliphatic carbocycles. The smallest absolute Gasteiger partial charge is 0.258 e. The Morgan fingerprint density at radius 2 is 2.21 bits per heavy atom. The standard InChI is InChI=1S/C8H3ClFNO2S/c9-8-7(10)5-3-4(11(12)13)1-2-6(5)14-8/h1-3H. The van der Waals surface area contributed by atoms with Crippen LogP contribution in [0.2, 0.25) is 4.34 Å². The van der Waals surface area contributed by atoms with E-state index < -0.39 is 10.7 Å². The van der Waals surface area contributed by atoms with Gasteiger partial charge in [-0.2, -0.15) is 0 Å². The van der Waals surface area contributed by atoms with Crippen molar-refractivity contribution >= 4 is 38.7 Å². The molecule has 3 nitrogen and oxygen atoms in total. The first-order valence-electron chi connectivity index (χ1n) is 3.61. The highest BCUT2D eigenvalue weighted by Gasteiger charge is 2.14. The summed E-state index contributed by atoms with van der Waals surface area (Å²) in [6.07, 6.45) is 0. The summed E-state index contributed by atoms with van der Waals surface area (Å²) in [7, 11) is 0. The van der Waals surface area contributed by atoms with Crippen molar-refractivity contribution in [2.45, 2.75) is 0 Å². The predicted octanol–water partition coefficient (Wildman–Crippen LogP) is 3.60. The van der Waals surface area contributed by atoms with E-state index in [0.717, 1.165) is 11.3 Å². The lowest BCUT2D eigenvalue weighted by Crippen LogP contribution is -1.86. The molecule has 1 aromatic heterocycles. The van der Waals surface area contributed by atoms with E-state index in [4.69, 9.17) is 11.6 Å². The first kappa shape index (κ1) is 9.36. The van der Waals surface area contributed by atoms with Crippen LogP contribution in [-0.2, 0) is 0 Å². The van der Waals surface area contributed by atoms with Gasteiger partial charge in [-0.25, -0.2) is 4.39 Å². The molecule has 0 aliphatic heterocycles. The van der Waals surface area contributed by atoms with Crippen molar-refractivity contribution < 1.29 is 9.31 Å². The Morgan fingerprint density at radius 1 is 1.50 bits per heavy atom. The SMILES string of the molecule is O=[N+]([O-])c1ccc2sc(Cl)c(F)c2c1. The highest BCUT2D eigenvalue weighted by molar-refractivity contribution is 7.22. The zero-order valence-electron chi connectivity index (χ0n) is 6.66. The Labute approximate surface area is 86.9 Å². The van der Waals surface area contributed by atoms with Gasteiger partial charge in [-0.1, -0.05) is 11.6 Å². The molecule has 0 spiro atoms. The molecule has 0 saturated heterocycles. The van der Waals surface area contributed by atoms with Gasteiger partial charge >= 0.3 is 0 Å². The maximum absolute atomic E-state index is 13.3.